The number of nitrogens with zero attached hydrogens (tertiary/aromatic N) is 1. The van der Waals surface area contributed by atoms with E-state index in [0.29, 0.717) is 12.6 Å². The van der Waals surface area contributed by atoms with Crippen molar-refractivity contribution in [3.05, 3.63) is 36.0 Å². The van der Waals surface area contributed by atoms with Gasteiger partial charge in [-0.1, -0.05) is 17.3 Å². The average Bonchev–Trinajstić information content (AvgIpc) is 3.03. The zero-order valence-electron chi connectivity index (χ0n) is 12.2. The number of hydrogen-bond donors (Lipinski definition) is 1. The lowest BCUT2D eigenvalue weighted by Gasteiger charge is -2.22. The maximum atomic E-state index is 5.45. The minimum atomic E-state index is 0.413. The molecule has 112 valence electrons. The lowest BCUT2D eigenvalue weighted by Crippen LogP contribution is -2.36. The van der Waals surface area contributed by atoms with Crippen molar-refractivity contribution in [2.75, 3.05) is 20.3 Å². The first kappa shape index (κ1) is 14.1. The highest BCUT2D eigenvalue weighted by atomic mass is 16.5. The molecule has 0 aliphatic carbocycles. The van der Waals surface area contributed by atoms with Crippen molar-refractivity contribution in [2.45, 2.75) is 25.4 Å². The summed E-state index contributed by atoms with van der Waals surface area (Å²) in [4.78, 5) is 0. The fraction of sp³-hybridized carbons (Fsp3) is 0.438. The van der Waals surface area contributed by atoms with Gasteiger partial charge in [-0.05, 0) is 25.0 Å². The molecule has 2 heterocycles. The van der Waals surface area contributed by atoms with Gasteiger partial charge in [0.2, 0.25) is 0 Å². The minimum absolute atomic E-state index is 0.413. The first-order valence-corrected chi connectivity index (χ1v) is 7.26. The Morgan fingerprint density at radius 2 is 2.33 bits per heavy atom. The molecule has 0 bridgehead atoms. The standard InChI is InChI=1S/C16H20N2O3/c1-19-15-6-2-4-12(8-15)16-9-14(18-21-16)10-17-13-5-3-7-20-11-13/h2,4,6,8-9,13,17H,3,5,7,10-11H2,1H3. The molecule has 1 atom stereocenters. The van der Waals surface area contributed by atoms with E-state index in [1.807, 2.05) is 30.3 Å². The van der Waals surface area contributed by atoms with Gasteiger partial charge in [-0.15, -0.1) is 0 Å². The molecule has 0 saturated carbocycles. The van der Waals surface area contributed by atoms with Gasteiger partial charge in [0.25, 0.3) is 0 Å². The fourth-order valence-corrected chi connectivity index (χ4v) is 2.46. The zero-order chi connectivity index (χ0) is 14.5. The van der Waals surface area contributed by atoms with Gasteiger partial charge in [0.05, 0.1) is 19.4 Å². The molecule has 0 radical (unpaired) electrons. The SMILES string of the molecule is COc1cccc(-c2cc(CNC3CCCOC3)no2)c1. The lowest BCUT2D eigenvalue weighted by atomic mass is 10.1. The van der Waals surface area contributed by atoms with Crippen LogP contribution < -0.4 is 10.1 Å². The molecule has 1 aromatic carbocycles. The van der Waals surface area contributed by atoms with E-state index in [4.69, 9.17) is 14.0 Å². The molecule has 5 heteroatoms. The number of nitrogens with one attached hydrogen (secondary N) is 1. The summed E-state index contributed by atoms with van der Waals surface area (Å²) in [6, 6.07) is 10.1. The van der Waals surface area contributed by atoms with Gasteiger partial charge in [-0.3, -0.25) is 0 Å². The molecular weight excluding hydrogens is 268 g/mol. The van der Waals surface area contributed by atoms with Gasteiger partial charge in [-0.25, -0.2) is 0 Å². The van der Waals surface area contributed by atoms with Crippen LogP contribution in [0, 0.1) is 0 Å². The van der Waals surface area contributed by atoms with E-state index < -0.39 is 0 Å². The van der Waals surface area contributed by atoms with Crippen LogP contribution in [0.25, 0.3) is 11.3 Å². The Morgan fingerprint density at radius 1 is 1.38 bits per heavy atom. The number of hydrogen-bond acceptors (Lipinski definition) is 5. The van der Waals surface area contributed by atoms with Crippen LogP contribution in [0.1, 0.15) is 18.5 Å². The van der Waals surface area contributed by atoms with Gasteiger partial charge in [-0.2, -0.15) is 0 Å². The van der Waals surface area contributed by atoms with Crippen LogP contribution in [0.5, 0.6) is 5.75 Å². The van der Waals surface area contributed by atoms with Crippen LogP contribution in [-0.2, 0) is 11.3 Å². The van der Waals surface area contributed by atoms with Crippen molar-refractivity contribution in [2.24, 2.45) is 0 Å². The first-order chi connectivity index (χ1) is 10.3. The molecule has 1 saturated heterocycles. The van der Waals surface area contributed by atoms with Gasteiger partial charge in [0.15, 0.2) is 5.76 Å². The number of ether oxygens (including phenoxy) is 2. The summed E-state index contributed by atoms with van der Waals surface area (Å²) in [5.74, 6) is 1.56. The van der Waals surface area contributed by atoms with E-state index in [-0.39, 0.29) is 0 Å². The summed E-state index contributed by atoms with van der Waals surface area (Å²) in [6.07, 6.45) is 2.27. The summed E-state index contributed by atoms with van der Waals surface area (Å²) < 4.78 is 16.1. The average molecular weight is 288 g/mol. The van der Waals surface area contributed by atoms with Gasteiger partial charge >= 0.3 is 0 Å². The molecule has 1 aliphatic heterocycles. The molecule has 1 aliphatic rings. The lowest BCUT2D eigenvalue weighted by molar-refractivity contribution is 0.0697. The zero-order valence-corrected chi connectivity index (χ0v) is 12.2. The monoisotopic (exact) mass is 288 g/mol. The van der Waals surface area contributed by atoms with Crippen LogP contribution in [0.3, 0.4) is 0 Å². The van der Waals surface area contributed by atoms with E-state index in [2.05, 4.69) is 10.5 Å². The molecule has 0 amide bonds. The largest absolute Gasteiger partial charge is 0.497 e. The highest BCUT2D eigenvalue weighted by Gasteiger charge is 2.14. The molecule has 5 nitrogen and oxygen atoms in total. The van der Waals surface area contributed by atoms with Crippen LogP contribution >= 0.6 is 0 Å². The molecule has 3 rings (SSSR count). The maximum absolute atomic E-state index is 5.45. The third kappa shape index (κ3) is 3.62. The second kappa shape index (κ2) is 6.74. The van der Waals surface area contributed by atoms with Crippen LogP contribution in [0.4, 0.5) is 0 Å². The molecule has 1 N–H and O–H groups in total. The number of benzene rings is 1. The topological polar surface area (TPSA) is 56.5 Å². The molecule has 1 unspecified atom stereocenters. The van der Waals surface area contributed by atoms with E-state index in [1.54, 1.807) is 7.11 Å². The van der Waals surface area contributed by atoms with Crippen molar-refractivity contribution >= 4 is 0 Å². The number of rotatable bonds is 5. The predicted molar refractivity (Wildman–Crippen MR) is 79.2 cm³/mol. The molecule has 1 fully saturated rings. The van der Waals surface area contributed by atoms with Crippen LogP contribution in [-0.4, -0.2) is 31.5 Å². The normalized spacial score (nSPS) is 18.6. The Labute approximate surface area is 124 Å². The van der Waals surface area contributed by atoms with E-state index >= 15 is 0 Å². The van der Waals surface area contributed by atoms with Gasteiger partial charge < -0.3 is 19.3 Å². The van der Waals surface area contributed by atoms with Gasteiger partial charge in [0, 0.05) is 30.8 Å². The molecule has 2 aromatic rings. The third-order valence-corrected chi connectivity index (χ3v) is 3.65. The summed E-state index contributed by atoms with van der Waals surface area (Å²) in [5.41, 5.74) is 1.87. The molecule has 0 spiro atoms. The maximum Gasteiger partial charge on any atom is 0.167 e. The van der Waals surface area contributed by atoms with Crippen LogP contribution in [0.15, 0.2) is 34.9 Å². The summed E-state index contributed by atoms with van der Waals surface area (Å²) in [5, 5.41) is 7.57. The van der Waals surface area contributed by atoms with E-state index in [9.17, 15) is 0 Å². The minimum Gasteiger partial charge on any atom is -0.497 e. The van der Waals surface area contributed by atoms with E-state index in [0.717, 1.165) is 48.8 Å². The number of methoxy groups -OCH3 is 1. The Hall–Kier alpha value is -1.85. The van der Waals surface area contributed by atoms with Crippen molar-refractivity contribution < 1.29 is 14.0 Å². The second-order valence-corrected chi connectivity index (χ2v) is 5.21. The van der Waals surface area contributed by atoms with Crippen molar-refractivity contribution in [3.8, 4) is 17.1 Å². The van der Waals surface area contributed by atoms with Gasteiger partial charge in [0.1, 0.15) is 5.75 Å². The Morgan fingerprint density at radius 3 is 3.14 bits per heavy atom. The number of aromatic nitrogens is 1. The van der Waals surface area contributed by atoms with Crippen molar-refractivity contribution in [1.82, 2.24) is 10.5 Å². The Kier molecular flexibility index (Phi) is 4.52. The third-order valence-electron chi connectivity index (χ3n) is 3.65. The Bertz CT molecular complexity index is 576. The van der Waals surface area contributed by atoms with Crippen LogP contribution in [0.2, 0.25) is 0 Å². The molecule has 1 aromatic heterocycles. The summed E-state index contributed by atoms with van der Waals surface area (Å²) in [6.45, 7) is 2.35. The van der Waals surface area contributed by atoms with Crippen molar-refractivity contribution in [3.63, 3.8) is 0 Å². The Balaban J connectivity index is 1.62. The summed E-state index contributed by atoms with van der Waals surface area (Å²) >= 11 is 0. The van der Waals surface area contributed by atoms with Crippen molar-refractivity contribution in [1.29, 1.82) is 0 Å². The highest BCUT2D eigenvalue weighted by Crippen LogP contribution is 2.24. The second-order valence-electron chi connectivity index (χ2n) is 5.21. The smallest absolute Gasteiger partial charge is 0.167 e. The fourth-order valence-electron chi connectivity index (χ4n) is 2.46. The predicted octanol–water partition coefficient (Wildman–Crippen LogP) is 2.62. The quantitative estimate of drug-likeness (QED) is 0.916. The first-order valence-electron chi connectivity index (χ1n) is 7.26. The molecule has 21 heavy (non-hydrogen) atoms. The van der Waals surface area contributed by atoms with E-state index in [1.165, 1.54) is 0 Å². The summed E-state index contributed by atoms with van der Waals surface area (Å²) in [7, 11) is 1.65. The molecular formula is C16H20N2O3. The highest BCUT2D eigenvalue weighted by molar-refractivity contribution is 5.59.